The molecule has 0 radical (unpaired) electrons. The summed E-state index contributed by atoms with van der Waals surface area (Å²) in [6.07, 6.45) is 1.19. The molecule has 2 rings (SSSR count). The van der Waals surface area contributed by atoms with Gasteiger partial charge in [0, 0.05) is 38.3 Å². The lowest BCUT2D eigenvalue weighted by Gasteiger charge is -2.31. The fourth-order valence-corrected chi connectivity index (χ4v) is 4.62. The normalized spacial score (nSPS) is 18.7. The lowest BCUT2D eigenvalue weighted by atomic mass is 9.99. The Balaban J connectivity index is 2.21. The first-order valence-corrected chi connectivity index (χ1v) is 9.44. The highest BCUT2D eigenvalue weighted by atomic mass is 32.2. The van der Waals surface area contributed by atoms with Gasteiger partial charge in [-0.2, -0.15) is 4.31 Å². The minimum absolute atomic E-state index is 0.0288. The molecule has 1 unspecified atom stereocenters. The molecule has 0 aromatic heterocycles. The van der Waals surface area contributed by atoms with Crippen LogP contribution in [0.15, 0.2) is 23.1 Å². The van der Waals surface area contributed by atoms with E-state index in [1.807, 2.05) is 0 Å². The number of hydrogen-bond acceptors (Lipinski definition) is 6. The standard InChI is InChI=1S/C15H22N4O5S/c1-11-9-13(19(21)22)4-5-14(11)25(23,24)18-8-2-3-12(10-18)15(20)17-7-6-16/h4-5,9,12H,2-3,6-8,10,16H2,1H3,(H,17,20). The molecule has 0 saturated carbocycles. The van der Waals surface area contributed by atoms with Crippen molar-refractivity contribution in [1.29, 1.82) is 0 Å². The Bertz CT molecular complexity index is 765. The van der Waals surface area contributed by atoms with E-state index in [0.717, 1.165) is 0 Å². The smallest absolute Gasteiger partial charge is 0.269 e. The van der Waals surface area contributed by atoms with Gasteiger partial charge in [-0.15, -0.1) is 0 Å². The number of amides is 1. The Labute approximate surface area is 146 Å². The predicted molar refractivity (Wildman–Crippen MR) is 91.4 cm³/mol. The number of carbonyl (C=O) groups is 1. The van der Waals surface area contributed by atoms with Crippen molar-refractivity contribution in [3.63, 3.8) is 0 Å². The molecule has 1 aromatic rings. The highest BCUT2D eigenvalue weighted by Gasteiger charge is 2.34. The topological polar surface area (TPSA) is 136 Å². The summed E-state index contributed by atoms with van der Waals surface area (Å²) in [4.78, 5) is 22.4. The zero-order valence-corrected chi connectivity index (χ0v) is 14.8. The Hall–Kier alpha value is -2.04. The molecule has 25 heavy (non-hydrogen) atoms. The molecule has 3 N–H and O–H groups in total. The second-order valence-corrected chi connectivity index (χ2v) is 7.90. The van der Waals surface area contributed by atoms with Crippen molar-refractivity contribution in [2.45, 2.75) is 24.7 Å². The van der Waals surface area contributed by atoms with Gasteiger partial charge in [0.1, 0.15) is 0 Å². The number of aryl methyl sites for hydroxylation is 1. The maximum Gasteiger partial charge on any atom is 0.269 e. The number of rotatable bonds is 6. The van der Waals surface area contributed by atoms with Gasteiger partial charge < -0.3 is 11.1 Å². The molecule has 0 spiro atoms. The summed E-state index contributed by atoms with van der Waals surface area (Å²) in [5.41, 5.74) is 5.51. The number of benzene rings is 1. The molecule has 1 amide bonds. The quantitative estimate of drug-likeness (QED) is 0.549. The molecule has 0 aliphatic carbocycles. The summed E-state index contributed by atoms with van der Waals surface area (Å²) >= 11 is 0. The minimum Gasteiger partial charge on any atom is -0.355 e. The van der Waals surface area contributed by atoms with E-state index < -0.39 is 20.9 Å². The molecule has 1 saturated heterocycles. The fraction of sp³-hybridized carbons (Fsp3) is 0.533. The Morgan fingerprint density at radius 1 is 1.48 bits per heavy atom. The number of piperidine rings is 1. The van der Waals surface area contributed by atoms with E-state index in [-0.39, 0.29) is 23.0 Å². The van der Waals surface area contributed by atoms with Gasteiger partial charge in [0.25, 0.3) is 5.69 Å². The maximum absolute atomic E-state index is 12.9. The number of non-ortho nitro benzene ring substituents is 1. The summed E-state index contributed by atoms with van der Waals surface area (Å²) in [6.45, 7) is 2.61. The summed E-state index contributed by atoms with van der Waals surface area (Å²) < 4.78 is 27.0. The Morgan fingerprint density at radius 3 is 2.80 bits per heavy atom. The summed E-state index contributed by atoms with van der Waals surface area (Å²) in [5, 5.41) is 13.5. The van der Waals surface area contributed by atoms with Crippen LogP contribution < -0.4 is 11.1 Å². The number of carbonyl (C=O) groups excluding carboxylic acids is 1. The minimum atomic E-state index is -3.82. The summed E-state index contributed by atoms with van der Waals surface area (Å²) in [6, 6.07) is 3.67. The van der Waals surface area contributed by atoms with E-state index in [2.05, 4.69) is 5.32 Å². The van der Waals surface area contributed by atoms with Crippen molar-refractivity contribution in [1.82, 2.24) is 9.62 Å². The molecular formula is C15H22N4O5S. The van der Waals surface area contributed by atoms with Crippen molar-refractivity contribution in [3.05, 3.63) is 33.9 Å². The van der Waals surface area contributed by atoms with Crippen LogP contribution in [0, 0.1) is 23.0 Å². The lowest BCUT2D eigenvalue weighted by molar-refractivity contribution is -0.385. The Morgan fingerprint density at radius 2 is 2.20 bits per heavy atom. The van der Waals surface area contributed by atoms with E-state index >= 15 is 0 Å². The number of sulfonamides is 1. The molecule has 1 aliphatic heterocycles. The van der Waals surface area contributed by atoms with Crippen LogP contribution in [0.1, 0.15) is 18.4 Å². The van der Waals surface area contributed by atoms with E-state index in [1.54, 1.807) is 0 Å². The molecular weight excluding hydrogens is 348 g/mol. The van der Waals surface area contributed by atoms with Crippen LogP contribution >= 0.6 is 0 Å². The third kappa shape index (κ3) is 4.33. The van der Waals surface area contributed by atoms with E-state index in [9.17, 15) is 23.3 Å². The summed E-state index contributed by atoms with van der Waals surface area (Å²) in [5.74, 6) is -0.626. The van der Waals surface area contributed by atoms with Gasteiger partial charge in [-0.05, 0) is 31.4 Å². The number of hydrogen-bond donors (Lipinski definition) is 2. The van der Waals surface area contributed by atoms with Gasteiger partial charge in [-0.25, -0.2) is 8.42 Å². The number of nitrogens with one attached hydrogen (secondary N) is 1. The number of nitro benzene ring substituents is 1. The van der Waals surface area contributed by atoms with Crippen molar-refractivity contribution < 1.29 is 18.1 Å². The monoisotopic (exact) mass is 370 g/mol. The predicted octanol–water partition coefficient (Wildman–Crippen LogP) is 0.379. The highest BCUT2D eigenvalue weighted by Crippen LogP contribution is 2.27. The van der Waals surface area contributed by atoms with Gasteiger partial charge in [0.2, 0.25) is 15.9 Å². The largest absolute Gasteiger partial charge is 0.355 e. The summed E-state index contributed by atoms with van der Waals surface area (Å²) in [7, 11) is -3.82. The molecule has 1 atom stereocenters. The molecule has 1 aromatic carbocycles. The molecule has 10 heteroatoms. The second kappa shape index (κ2) is 7.89. The van der Waals surface area contributed by atoms with Gasteiger partial charge in [0.15, 0.2) is 0 Å². The van der Waals surface area contributed by atoms with E-state index in [1.165, 1.54) is 29.4 Å². The van der Waals surface area contributed by atoms with Crippen molar-refractivity contribution in [3.8, 4) is 0 Å². The molecule has 1 fully saturated rings. The molecule has 1 heterocycles. The molecule has 9 nitrogen and oxygen atoms in total. The third-order valence-corrected chi connectivity index (χ3v) is 6.21. The van der Waals surface area contributed by atoms with E-state index in [0.29, 0.717) is 38.0 Å². The highest BCUT2D eigenvalue weighted by molar-refractivity contribution is 7.89. The van der Waals surface area contributed by atoms with Crippen LogP contribution in [0.25, 0.3) is 0 Å². The van der Waals surface area contributed by atoms with Gasteiger partial charge >= 0.3 is 0 Å². The SMILES string of the molecule is Cc1cc([N+](=O)[O-])ccc1S(=O)(=O)N1CCCC(C(=O)NCCN)C1. The molecule has 1 aliphatic rings. The van der Waals surface area contributed by atoms with Crippen LogP contribution in [0.5, 0.6) is 0 Å². The van der Waals surface area contributed by atoms with Gasteiger partial charge in [-0.1, -0.05) is 0 Å². The number of nitrogens with two attached hydrogens (primary N) is 1. The van der Waals surface area contributed by atoms with Crippen LogP contribution in [0.4, 0.5) is 5.69 Å². The first kappa shape index (κ1) is 19.3. The van der Waals surface area contributed by atoms with Crippen molar-refractivity contribution in [2.24, 2.45) is 11.7 Å². The fourth-order valence-electron chi connectivity index (χ4n) is 2.89. The first-order valence-electron chi connectivity index (χ1n) is 8.00. The zero-order chi connectivity index (χ0) is 18.6. The van der Waals surface area contributed by atoms with Gasteiger partial charge in [0.05, 0.1) is 15.7 Å². The zero-order valence-electron chi connectivity index (χ0n) is 14.0. The van der Waals surface area contributed by atoms with Crippen LogP contribution in [-0.2, 0) is 14.8 Å². The number of nitro groups is 1. The number of nitrogens with zero attached hydrogens (tertiary/aromatic N) is 2. The lowest BCUT2D eigenvalue weighted by Crippen LogP contribution is -2.46. The second-order valence-electron chi connectivity index (χ2n) is 5.99. The molecule has 0 bridgehead atoms. The van der Waals surface area contributed by atoms with Crippen LogP contribution in [-0.4, -0.2) is 49.7 Å². The van der Waals surface area contributed by atoms with E-state index in [4.69, 9.17) is 5.73 Å². The Kier molecular flexibility index (Phi) is 6.09. The van der Waals surface area contributed by atoms with Crippen molar-refractivity contribution >= 4 is 21.6 Å². The average Bonchev–Trinajstić information content (AvgIpc) is 2.59. The van der Waals surface area contributed by atoms with Gasteiger partial charge in [-0.3, -0.25) is 14.9 Å². The van der Waals surface area contributed by atoms with Crippen LogP contribution in [0.3, 0.4) is 0 Å². The maximum atomic E-state index is 12.9. The first-order chi connectivity index (χ1) is 11.8. The average molecular weight is 370 g/mol. The van der Waals surface area contributed by atoms with Crippen molar-refractivity contribution in [2.75, 3.05) is 26.2 Å². The van der Waals surface area contributed by atoms with Crippen LogP contribution in [0.2, 0.25) is 0 Å². The third-order valence-electron chi connectivity index (χ3n) is 4.19. The molecule has 138 valence electrons.